The Morgan fingerprint density at radius 2 is 2.19 bits per heavy atom. The summed E-state index contributed by atoms with van der Waals surface area (Å²) in [4.78, 5) is 2.53. The van der Waals surface area contributed by atoms with Gasteiger partial charge in [0.25, 0.3) is 0 Å². The van der Waals surface area contributed by atoms with Gasteiger partial charge < -0.3 is 15.2 Å². The van der Waals surface area contributed by atoms with E-state index in [0.717, 1.165) is 45.6 Å². The molecule has 3 unspecified atom stereocenters. The van der Waals surface area contributed by atoms with E-state index in [4.69, 9.17) is 4.74 Å². The van der Waals surface area contributed by atoms with Gasteiger partial charge in [0.05, 0.1) is 12.7 Å². The predicted molar refractivity (Wildman–Crippen MR) is 63.5 cm³/mol. The lowest BCUT2D eigenvalue weighted by atomic mass is 9.92. The van der Waals surface area contributed by atoms with Gasteiger partial charge in [0.2, 0.25) is 0 Å². The Labute approximate surface area is 98.0 Å². The highest BCUT2D eigenvalue weighted by molar-refractivity contribution is 4.86. The highest BCUT2D eigenvalue weighted by Gasteiger charge is 2.33. The molecule has 2 rings (SSSR count). The smallest absolute Gasteiger partial charge is 0.0551 e. The molecule has 0 aliphatic carbocycles. The standard InChI is InChI=1S/C12H24N2O2/c1-10-8-11(9-16-10)12(2-7-15)14-5-3-13-4-6-14/h10-13,15H,2-9H2,1H3. The molecule has 94 valence electrons. The van der Waals surface area contributed by atoms with Crippen molar-refractivity contribution in [3.63, 3.8) is 0 Å². The third-order valence-electron chi connectivity index (χ3n) is 3.82. The Morgan fingerprint density at radius 1 is 1.44 bits per heavy atom. The van der Waals surface area contributed by atoms with Gasteiger partial charge in [-0.3, -0.25) is 4.90 Å². The first-order chi connectivity index (χ1) is 7.81. The number of nitrogens with zero attached hydrogens (tertiary/aromatic N) is 1. The number of ether oxygens (including phenoxy) is 1. The number of piperazine rings is 1. The molecule has 2 fully saturated rings. The van der Waals surface area contributed by atoms with Crippen LogP contribution in [0.25, 0.3) is 0 Å². The van der Waals surface area contributed by atoms with E-state index in [9.17, 15) is 5.11 Å². The van der Waals surface area contributed by atoms with Gasteiger partial charge in [-0.05, 0) is 19.8 Å². The molecule has 2 aliphatic rings. The number of aliphatic hydroxyl groups is 1. The minimum Gasteiger partial charge on any atom is -0.396 e. The first-order valence-electron chi connectivity index (χ1n) is 6.48. The minimum atomic E-state index is 0.291. The topological polar surface area (TPSA) is 44.7 Å². The van der Waals surface area contributed by atoms with Gasteiger partial charge in [-0.1, -0.05) is 0 Å². The Hall–Kier alpha value is -0.160. The molecular weight excluding hydrogens is 204 g/mol. The monoisotopic (exact) mass is 228 g/mol. The van der Waals surface area contributed by atoms with Crippen LogP contribution in [0.2, 0.25) is 0 Å². The molecule has 0 aromatic heterocycles. The quantitative estimate of drug-likeness (QED) is 0.714. The SMILES string of the molecule is CC1CC(C(CCO)N2CCNCC2)CO1. The third-order valence-corrected chi connectivity index (χ3v) is 3.82. The summed E-state index contributed by atoms with van der Waals surface area (Å²) in [5, 5.41) is 12.6. The second-order valence-electron chi connectivity index (χ2n) is 5.01. The second kappa shape index (κ2) is 5.96. The molecule has 2 heterocycles. The molecule has 3 atom stereocenters. The summed E-state index contributed by atoms with van der Waals surface area (Å²) in [6.45, 7) is 7.67. The molecule has 16 heavy (non-hydrogen) atoms. The molecule has 0 bridgehead atoms. The Kier molecular flexibility index (Phi) is 4.58. The molecule has 0 amide bonds. The molecule has 0 radical (unpaired) electrons. The first kappa shape index (κ1) is 12.3. The molecule has 0 saturated carbocycles. The molecule has 0 spiro atoms. The van der Waals surface area contributed by atoms with E-state index in [1.165, 1.54) is 0 Å². The van der Waals surface area contributed by atoms with Crippen molar-refractivity contribution in [1.82, 2.24) is 10.2 Å². The lowest BCUT2D eigenvalue weighted by Crippen LogP contribution is -2.51. The highest BCUT2D eigenvalue weighted by atomic mass is 16.5. The van der Waals surface area contributed by atoms with Gasteiger partial charge in [-0.25, -0.2) is 0 Å². The summed E-state index contributed by atoms with van der Waals surface area (Å²) < 4.78 is 5.66. The van der Waals surface area contributed by atoms with Crippen molar-refractivity contribution < 1.29 is 9.84 Å². The van der Waals surface area contributed by atoms with Gasteiger partial charge in [0.15, 0.2) is 0 Å². The van der Waals surface area contributed by atoms with E-state index in [1.54, 1.807) is 0 Å². The molecule has 2 N–H and O–H groups in total. The van der Waals surface area contributed by atoms with Crippen LogP contribution in [0.3, 0.4) is 0 Å². The number of hydrogen-bond donors (Lipinski definition) is 2. The maximum absolute atomic E-state index is 9.21. The fourth-order valence-corrected chi connectivity index (χ4v) is 2.98. The molecule has 4 heteroatoms. The molecule has 2 saturated heterocycles. The summed E-state index contributed by atoms with van der Waals surface area (Å²) in [5.74, 6) is 0.611. The van der Waals surface area contributed by atoms with Crippen LogP contribution in [-0.4, -0.2) is 61.5 Å². The van der Waals surface area contributed by atoms with Crippen LogP contribution >= 0.6 is 0 Å². The van der Waals surface area contributed by atoms with E-state index in [2.05, 4.69) is 17.1 Å². The van der Waals surface area contributed by atoms with Crippen LogP contribution in [0.5, 0.6) is 0 Å². The van der Waals surface area contributed by atoms with Crippen LogP contribution in [0, 0.1) is 5.92 Å². The van der Waals surface area contributed by atoms with E-state index in [1.807, 2.05) is 0 Å². The zero-order chi connectivity index (χ0) is 11.4. The minimum absolute atomic E-state index is 0.291. The maximum Gasteiger partial charge on any atom is 0.0551 e. The Bertz CT molecular complexity index is 202. The summed E-state index contributed by atoms with van der Waals surface area (Å²) >= 11 is 0. The zero-order valence-corrected chi connectivity index (χ0v) is 10.2. The van der Waals surface area contributed by atoms with Crippen molar-refractivity contribution in [1.29, 1.82) is 0 Å². The van der Waals surface area contributed by atoms with Crippen molar-refractivity contribution in [3.8, 4) is 0 Å². The van der Waals surface area contributed by atoms with Gasteiger partial charge >= 0.3 is 0 Å². The maximum atomic E-state index is 9.21. The van der Waals surface area contributed by atoms with Crippen molar-refractivity contribution in [2.24, 2.45) is 5.92 Å². The lowest BCUT2D eigenvalue weighted by molar-refractivity contribution is 0.0786. The van der Waals surface area contributed by atoms with E-state index in [-0.39, 0.29) is 0 Å². The first-order valence-corrected chi connectivity index (χ1v) is 6.48. The van der Waals surface area contributed by atoms with Gasteiger partial charge in [-0.15, -0.1) is 0 Å². The van der Waals surface area contributed by atoms with E-state index >= 15 is 0 Å². The molecule has 0 aromatic rings. The second-order valence-corrected chi connectivity index (χ2v) is 5.01. The van der Waals surface area contributed by atoms with Crippen LogP contribution in [0.15, 0.2) is 0 Å². The van der Waals surface area contributed by atoms with Crippen LogP contribution in [0.1, 0.15) is 19.8 Å². The fourth-order valence-electron chi connectivity index (χ4n) is 2.98. The Balaban J connectivity index is 1.92. The number of nitrogens with one attached hydrogen (secondary N) is 1. The number of hydrogen-bond acceptors (Lipinski definition) is 4. The molecule has 0 aromatic carbocycles. The molecular formula is C12H24N2O2. The van der Waals surface area contributed by atoms with Crippen molar-refractivity contribution in [3.05, 3.63) is 0 Å². The van der Waals surface area contributed by atoms with Gasteiger partial charge in [-0.2, -0.15) is 0 Å². The number of rotatable bonds is 4. The van der Waals surface area contributed by atoms with Crippen LogP contribution < -0.4 is 5.32 Å². The summed E-state index contributed by atoms with van der Waals surface area (Å²) in [6.07, 6.45) is 2.43. The van der Waals surface area contributed by atoms with Crippen molar-refractivity contribution in [2.75, 3.05) is 39.4 Å². The molecule has 2 aliphatic heterocycles. The van der Waals surface area contributed by atoms with Crippen LogP contribution in [-0.2, 0) is 4.74 Å². The normalized spacial score (nSPS) is 34.1. The van der Waals surface area contributed by atoms with Crippen molar-refractivity contribution >= 4 is 0 Å². The highest BCUT2D eigenvalue weighted by Crippen LogP contribution is 2.27. The zero-order valence-electron chi connectivity index (χ0n) is 10.2. The largest absolute Gasteiger partial charge is 0.396 e. The van der Waals surface area contributed by atoms with Gasteiger partial charge in [0, 0.05) is 44.7 Å². The predicted octanol–water partition coefficient (Wildman–Crippen LogP) is 0.0676. The molecule has 4 nitrogen and oxygen atoms in total. The summed E-state index contributed by atoms with van der Waals surface area (Å²) in [5.41, 5.74) is 0. The van der Waals surface area contributed by atoms with Crippen molar-refractivity contribution in [2.45, 2.75) is 31.9 Å². The Morgan fingerprint density at radius 3 is 2.75 bits per heavy atom. The van der Waals surface area contributed by atoms with Crippen LogP contribution in [0.4, 0.5) is 0 Å². The average Bonchev–Trinajstić information content (AvgIpc) is 2.74. The van der Waals surface area contributed by atoms with E-state index in [0.29, 0.717) is 24.7 Å². The fraction of sp³-hybridized carbons (Fsp3) is 1.00. The number of aliphatic hydroxyl groups excluding tert-OH is 1. The summed E-state index contributed by atoms with van der Waals surface area (Å²) in [6, 6.07) is 0.511. The average molecular weight is 228 g/mol. The third kappa shape index (κ3) is 2.94. The van der Waals surface area contributed by atoms with Gasteiger partial charge in [0.1, 0.15) is 0 Å². The lowest BCUT2D eigenvalue weighted by Gasteiger charge is -2.37. The summed E-state index contributed by atoms with van der Waals surface area (Å²) in [7, 11) is 0. The van der Waals surface area contributed by atoms with E-state index < -0.39 is 0 Å².